The summed E-state index contributed by atoms with van der Waals surface area (Å²) in [6.45, 7) is 2.92. The Bertz CT molecular complexity index is 561. The van der Waals surface area contributed by atoms with Gasteiger partial charge < -0.3 is 9.47 Å². The van der Waals surface area contributed by atoms with Crippen molar-refractivity contribution in [2.45, 2.75) is 25.4 Å². The Balaban J connectivity index is 2.00. The molecular weight excluding hydrogens is 266 g/mol. The fraction of sp³-hybridized carbons (Fsp3) is 0.385. The normalized spacial score (nSPS) is 26.7. The lowest BCUT2D eigenvalue weighted by Gasteiger charge is -2.28. The molecule has 2 atom stereocenters. The third-order valence-corrected chi connectivity index (χ3v) is 3.39. The third kappa shape index (κ3) is 2.36. The van der Waals surface area contributed by atoms with Crippen LogP contribution < -0.4 is 0 Å². The molecule has 3 rings (SSSR count). The van der Waals surface area contributed by atoms with Crippen molar-refractivity contribution in [1.82, 2.24) is 14.8 Å². The number of hydrogen-bond donors (Lipinski definition) is 0. The van der Waals surface area contributed by atoms with Crippen molar-refractivity contribution in [3.8, 4) is 0 Å². The summed E-state index contributed by atoms with van der Waals surface area (Å²) >= 11 is 6.28. The molecule has 0 spiro atoms. The smallest absolute Gasteiger partial charge is 0.217 e. The van der Waals surface area contributed by atoms with Gasteiger partial charge in [0.15, 0.2) is 0 Å². The van der Waals surface area contributed by atoms with Gasteiger partial charge in [-0.2, -0.15) is 5.10 Å². The molecule has 0 unspecified atom stereocenters. The van der Waals surface area contributed by atoms with Gasteiger partial charge in [0.1, 0.15) is 19.2 Å². The first kappa shape index (κ1) is 12.6. The fourth-order valence-corrected chi connectivity index (χ4v) is 2.53. The van der Waals surface area contributed by atoms with E-state index in [-0.39, 0.29) is 6.10 Å². The second-order valence-electron chi connectivity index (χ2n) is 4.57. The monoisotopic (exact) mass is 279 g/mol. The Morgan fingerprint density at radius 2 is 2.32 bits per heavy atom. The molecule has 5 nitrogen and oxygen atoms in total. The van der Waals surface area contributed by atoms with Crippen molar-refractivity contribution < 1.29 is 9.47 Å². The number of aromatic nitrogens is 3. The fourth-order valence-electron chi connectivity index (χ4n) is 2.25. The number of benzene rings is 1. The van der Waals surface area contributed by atoms with E-state index in [0.717, 1.165) is 5.56 Å². The molecule has 1 saturated heterocycles. The molecule has 0 saturated carbocycles. The molecule has 0 amide bonds. The minimum Gasteiger partial charge on any atom is -0.342 e. The molecule has 1 aromatic heterocycles. The highest BCUT2D eigenvalue weighted by Gasteiger charge is 2.43. The Kier molecular flexibility index (Phi) is 3.26. The van der Waals surface area contributed by atoms with Gasteiger partial charge in [-0.15, -0.1) is 0 Å². The van der Waals surface area contributed by atoms with Gasteiger partial charge in [-0.25, -0.2) is 9.67 Å². The van der Waals surface area contributed by atoms with E-state index in [1.807, 2.05) is 31.2 Å². The largest absolute Gasteiger partial charge is 0.342 e. The number of hydrogen-bond acceptors (Lipinski definition) is 4. The summed E-state index contributed by atoms with van der Waals surface area (Å²) in [7, 11) is 0. The molecule has 1 aliphatic heterocycles. The van der Waals surface area contributed by atoms with Crippen molar-refractivity contribution >= 4 is 11.6 Å². The van der Waals surface area contributed by atoms with Crippen molar-refractivity contribution in [1.29, 1.82) is 0 Å². The number of nitrogens with zero attached hydrogens (tertiary/aromatic N) is 3. The van der Waals surface area contributed by atoms with Crippen LogP contribution >= 0.6 is 11.6 Å². The second-order valence-corrected chi connectivity index (χ2v) is 4.97. The van der Waals surface area contributed by atoms with Crippen LogP contribution in [0.15, 0.2) is 36.9 Å². The lowest BCUT2D eigenvalue weighted by Crippen LogP contribution is -2.34. The van der Waals surface area contributed by atoms with Crippen LogP contribution in [0.5, 0.6) is 0 Å². The average molecular weight is 280 g/mol. The first-order valence-corrected chi connectivity index (χ1v) is 6.47. The lowest BCUT2D eigenvalue weighted by atomic mass is 10.1. The molecule has 6 heteroatoms. The zero-order valence-corrected chi connectivity index (χ0v) is 11.2. The molecule has 1 fully saturated rings. The molecule has 2 aromatic rings. The zero-order valence-electron chi connectivity index (χ0n) is 10.5. The maximum absolute atomic E-state index is 6.28. The molecule has 0 aliphatic carbocycles. The Hall–Kier alpha value is -1.43. The van der Waals surface area contributed by atoms with Gasteiger partial charge in [0, 0.05) is 10.6 Å². The van der Waals surface area contributed by atoms with Crippen LogP contribution in [0.2, 0.25) is 5.02 Å². The first-order chi connectivity index (χ1) is 9.20. The van der Waals surface area contributed by atoms with Gasteiger partial charge in [-0.05, 0) is 13.0 Å². The van der Waals surface area contributed by atoms with Crippen LogP contribution in [0.4, 0.5) is 0 Å². The minimum atomic E-state index is -0.897. The summed E-state index contributed by atoms with van der Waals surface area (Å²) in [4.78, 5) is 3.94. The predicted molar refractivity (Wildman–Crippen MR) is 69.7 cm³/mol. The van der Waals surface area contributed by atoms with E-state index in [0.29, 0.717) is 18.2 Å². The van der Waals surface area contributed by atoms with Gasteiger partial charge in [0.2, 0.25) is 5.79 Å². The Labute approximate surface area is 116 Å². The van der Waals surface area contributed by atoms with Crippen molar-refractivity contribution in [2.75, 3.05) is 6.61 Å². The van der Waals surface area contributed by atoms with Crippen LogP contribution in [0.1, 0.15) is 12.5 Å². The highest BCUT2D eigenvalue weighted by atomic mass is 35.5. The van der Waals surface area contributed by atoms with Crippen LogP contribution in [0.3, 0.4) is 0 Å². The van der Waals surface area contributed by atoms with E-state index in [4.69, 9.17) is 21.1 Å². The Morgan fingerprint density at radius 1 is 1.47 bits per heavy atom. The van der Waals surface area contributed by atoms with E-state index < -0.39 is 5.79 Å². The maximum atomic E-state index is 6.28. The molecule has 2 heterocycles. The highest BCUT2D eigenvalue weighted by molar-refractivity contribution is 6.31. The standard InChI is InChI=1S/C13H14ClN3O2/c1-10-6-18-13(19-10,7-17-9-15-8-16-17)11-4-2-3-5-12(11)14/h2-5,8-10H,6-7H2,1H3/t10-,13-/m0/s1. The third-order valence-electron chi connectivity index (χ3n) is 3.06. The van der Waals surface area contributed by atoms with Crippen LogP contribution in [0.25, 0.3) is 0 Å². The molecule has 0 radical (unpaired) electrons. The van der Waals surface area contributed by atoms with Crippen LogP contribution in [-0.2, 0) is 21.8 Å². The quantitative estimate of drug-likeness (QED) is 0.864. The van der Waals surface area contributed by atoms with E-state index in [1.165, 1.54) is 6.33 Å². The molecule has 1 aromatic carbocycles. The molecule has 100 valence electrons. The van der Waals surface area contributed by atoms with Gasteiger partial charge >= 0.3 is 0 Å². The summed E-state index contributed by atoms with van der Waals surface area (Å²) in [6, 6.07) is 7.54. The van der Waals surface area contributed by atoms with E-state index >= 15 is 0 Å². The number of ether oxygens (including phenoxy) is 2. The second kappa shape index (κ2) is 4.92. The summed E-state index contributed by atoms with van der Waals surface area (Å²) < 4.78 is 13.6. The van der Waals surface area contributed by atoms with Gasteiger partial charge in [0.25, 0.3) is 0 Å². The number of halogens is 1. The van der Waals surface area contributed by atoms with Crippen LogP contribution in [-0.4, -0.2) is 27.5 Å². The van der Waals surface area contributed by atoms with Gasteiger partial charge in [-0.1, -0.05) is 29.8 Å². The lowest BCUT2D eigenvalue weighted by molar-refractivity contribution is -0.186. The summed E-state index contributed by atoms with van der Waals surface area (Å²) in [5.74, 6) is -0.897. The molecule has 0 bridgehead atoms. The summed E-state index contributed by atoms with van der Waals surface area (Å²) in [6.07, 6.45) is 3.13. The van der Waals surface area contributed by atoms with E-state index in [9.17, 15) is 0 Å². The van der Waals surface area contributed by atoms with Crippen LogP contribution in [0, 0.1) is 0 Å². The Morgan fingerprint density at radius 3 is 2.95 bits per heavy atom. The van der Waals surface area contributed by atoms with Crippen molar-refractivity contribution in [3.63, 3.8) is 0 Å². The van der Waals surface area contributed by atoms with Gasteiger partial charge in [-0.3, -0.25) is 0 Å². The SMILES string of the molecule is C[C@H]1CO[C@](Cn2cncn2)(c2ccccc2Cl)O1. The number of rotatable bonds is 3. The topological polar surface area (TPSA) is 49.2 Å². The van der Waals surface area contributed by atoms with Gasteiger partial charge in [0.05, 0.1) is 12.7 Å². The van der Waals surface area contributed by atoms with Crippen molar-refractivity contribution in [2.24, 2.45) is 0 Å². The molecule has 1 aliphatic rings. The maximum Gasteiger partial charge on any atom is 0.217 e. The summed E-state index contributed by atoms with van der Waals surface area (Å²) in [5, 5.41) is 4.73. The first-order valence-electron chi connectivity index (χ1n) is 6.09. The van der Waals surface area contributed by atoms with Crippen molar-refractivity contribution in [3.05, 3.63) is 47.5 Å². The molecular formula is C13H14ClN3O2. The highest BCUT2D eigenvalue weighted by Crippen LogP contribution is 2.39. The van der Waals surface area contributed by atoms with E-state index in [2.05, 4.69) is 10.1 Å². The average Bonchev–Trinajstić information content (AvgIpc) is 3.01. The summed E-state index contributed by atoms with van der Waals surface area (Å²) in [5.41, 5.74) is 0.816. The zero-order chi connectivity index (χ0) is 13.3. The predicted octanol–water partition coefficient (Wildman–Crippen LogP) is 2.22. The molecule has 19 heavy (non-hydrogen) atoms. The molecule has 0 N–H and O–H groups in total. The minimum absolute atomic E-state index is 0.0137. The van der Waals surface area contributed by atoms with E-state index in [1.54, 1.807) is 11.0 Å².